The Morgan fingerprint density at radius 2 is 2.36 bits per heavy atom. The molecule has 0 radical (unpaired) electrons. The zero-order chi connectivity index (χ0) is 10.1. The minimum absolute atomic E-state index is 0.196. The van der Waals surface area contributed by atoms with Gasteiger partial charge in [-0.15, -0.1) is 0 Å². The van der Waals surface area contributed by atoms with E-state index in [1.165, 1.54) is 0 Å². The summed E-state index contributed by atoms with van der Waals surface area (Å²) < 4.78 is 5.40. The highest BCUT2D eigenvalue weighted by Crippen LogP contribution is 2.29. The lowest BCUT2D eigenvalue weighted by molar-refractivity contribution is -0.117. The molecule has 1 atom stereocenters. The number of amides is 1. The molecule has 0 unspecified atom stereocenters. The van der Waals surface area contributed by atoms with Crippen LogP contribution in [0, 0.1) is 6.92 Å². The van der Waals surface area contributed by atoms with Crippen molar-refractivity contribution in [2.75, 3.05) is 11.9 Å². The average Bonchev–Trinajstić information content (AvgIpc) is 2.30. The standard InChI is InChI=1S/C10H12N2O2/c1-6-3-2-4-8-9(6)12-10(13)7(11)5-14-8/h2-4,7H,5,11H2,1H3,(H,12,13)/t7-/m0/s1. The van der Waals surface area contributed by atoms with E-state index < -0.39 is 6.04 Å². The molecule has 0 saturated heterocycles. The fraction of sp³-hybridized carbons (Fsp3) is 0.300. The molecule has 1 aliphatic rings. The van der Waals surface area contributed by atoms with Crippen LogP contribution in [0.5, 0.6) is 5.75 Å². The van der Waals surface area contributed by atoms with Gasteiger partial charge in [0.25, 0.3) is 0 Å². The van der Waals surface area contributed by atoms with Gasteiger partial charge in [0, 0.05) is 0 Å². The first-order chi connectivity index (χ1) is 6.68. The van der Waals surface area contributed by atoms with E-state index in [-0.39, 0.29) is 12.5 Å². The van der Waals surface area contributed by atoms with Gasteiger partial charge >= 0.3 is 0 Å². The number of nitrogens with two attached hydrogens (primary N) is 1. The minimum Gasteiger partial charge on any atom is -0.489 e. The van der Waals surface area contributed by atoms with Crippen molar-refractivity contribution in [3.63, 3.8) is 0 Å². The molecule has 3 N–H and O–H groups in total. The van der Waals surface area contributed by atoms with Gasteiger partial charge in [0.05, 0.1) is 5.69 Å². The summed E-state index contributed by atoms with van der Waals surface area (Å²) in [5, 5.41) is 2.75. The number of hydrogen-bond acceptors (Lipinski definition) is 3. The molecule has 0 aromatic heterocycles. The third kappa shape index (κ3) is 1.44. The van der Waals surface area contributed by atoms with E-state index in [9.17, 15) is 4.79 Å². The fourth-order valence-corrected chi connectivity index (χ4v) is 1.39. The van der Waals surface area contributed by atoms with Crippen LogP contribution < -0.4 is 15.8 Å². The molecule has 2 rings (SSSR count). The Morgan fingerprint density at radius 3 is 3.14 bits per heavy atom. The van der Waals surface area contributed by atoms with Crippen LogP contribution in [-0.4, -0.2) is 18.6 Å². The maximum absolute atomic E-state index is 11.4. The van der Waals surface area contributed by atoms with Crippen LogP contribution in [0.1, 0.15) is 5.56 Å². The van der Waals surface area contributed by atoms with Gasteiger partial charge in [0.15, 0.2) is 0 Å². The van der Waals surface area contributed by atoms with E-state index >= 15 is 0 Å². The fourth-order valence-electron chi connectivity index (χ4n) is 1.39. The molecule has 1 aromatic carbocycles. The minimum atomic E-state index is -0.596. The van der Waals surface area contributed by atoms with Crippen LogP contribution in [0.25, 0.3) is 0 Å². The Bertz CT molecular complexity index is 376. The van der Waals surface area contributed by atoms with Gasteiger partial charge in [-0.05, 0) is 18.6 Å². The summed E-state index contributed by atoms with van der Waals surface area (Å²) in [5.41, 5.74) is 7.27. The van der Waals surface area contributed by atoms with Crippen molar-refractivity contribution < 1.29 is 9.53 Å². The summed E-state index contributed by atoms with van der Waals surface area (Å²) in [7, 11) is 0. The summed E-state index contributed by atoms with van der Waals surface area (Å²) in [6.45, 7) is 2.14. The molecule has 1 amide bonds. The lowest BCUT2D eigenvalue weighted by Gasteiger charge is -2.08. The highest BCUT2D eigenvalue weighted by Gasteiger charge is 2.21. The zero-order valence-corrected chi connectivity index (χ0v) is 7.91. The number of ether oxygens (including phenoxy) is 1. The Hall–Kier alpha value is -1.55. The van der Waals surface area contributed by atoms with Crippen molar-refractivity contribution in [2.24, 2.45) is 5.73 Å². The van der Waals surface area contributed by atoms with E-state index in [1.54, 1.807) is 0 Å². The molecule has 74 valence electrons. The number of fused-ring (bicyclic) bond motifs is 1. The molecule has 1 heterocycles. The monoisotopic (exact) mass is 192 g/mol. The molecule has 0 saturated carbocycles. The van der Waals surface area contributed by atoms with Gasteiger partial charge in [-0.1, -0.05) is 12.1 Å². The largest absolute Gasteiger partial charge is 0.489 e. The first-order valence-electron chi connectivity index (χ1n) is 4.47. The van der Waals surface area contributed by atoms with Crippen molar-refractivity contribution in [1.82, 2.24) is 0 Å². The number of nitrogens with one attached hydrogen (secondary N) is 1. The lowest BCUT2D eigenvalue weighted by Crippen LogP contribution is -2.38. The third-order valence-electron chi connectivity index (χ3n) is 2.24. The number of carbonyl (C=O) groups excluding carboxylic acids is 1. The predicted molar refractivity (Wildman–Crippen MR) is 53.3 cm³/mol. The molecule has 0 aliphatic carbocycles. The van der Waals surface area contributed by atoms with Gasteiger partial charge in [0.2, 0.25) is 5.91 Å². The van der Waals surface area contributed by atoms with Crippen molar-refractivity contribution in [1.29, 1.82) is 0 Å². The second-order valence-electron chi connectivity index (χ2n) is 3.35. The summed E-state index contributed by atoms with van der Waals surface area (Å²) >= 11 is 0. The summed E-state index contributed by atoms with van der Waals surface area (Å²) in [6.07, 6.45) is 0. The van der Waals surface area contributed by atoms with Gasteiger partial charge in [0.1, 0.15) is 18.4 Å². The van der Waals surface area contributed by atoms with E-state index in [4.69, 9.17) is 10.5 Å². The molecule has 0 spiro atoms. The second kappa shape index (κ2) is 3.31. The highest BCUT2D eigenvalue weighted by atomic mass is 16.5. The van der Waals surface area contributed by atoms with Gasteiger partial charge in [-0.2, -0.15) is 0 Å². The van der Waals surface area contributed by atoms with Crippen molar-refractivity contribution in [2.45, 2.75) is 13.0 Å². The topological polar surface area (TPSA) is 64.4 Å². The van der Waals surface area contributed by atoms with Crippen LogP contribution >= 0.6 is 0 Å². The van der Waals surface area contributed by atoms with E-state index in [2.05, 4.69) is 5.32 Å². The molecule has 4 heteroatoms. The maximum atomic E-state index is 11.4. The summed E-state index contributed by atoms with van der Waals surface area (Å²) in [5.74, 6) is 0.490. The first-order valence-corrected chi connectivity index (χ1v) is 4.47. The second-order valence-corrected chi connectivity index (χ2v) is 3.35. The molecule has 4 nitrogen and oxygen atoms in total. The van der Waals surface area contributed by atoms with E-state index in [0.29, 0.717) is 5.75 Å². The van der Waals surface area contributed by atoms with E-state index in [0.717, 1.165) is 11.3 Å². The molecule has 1 aliphatic heterocycles. The number of para-hydroxylation sites is 1. The predicted octanol–water partition coefficient (Wildman–Crippen LogP) is 0.653. The molecule has 0 bridgehead atoms. The Morgan fingerprint density at radius 1 is 1.57 bits per heavy atom. The average molecular weight is 192 g/mol. The van der Waals surface area contributed by atoms with Crippen LogP contribution in [0.2, 0.25) is 0 Å². The Balaban J connectivity index is 2.43. The molecular weight excluding hydrogens is 180 g/mol. The quantitative estimate of drug-likeness (QED) is 0.634. The van der Waals surface area contributed by atoms with Crippen LogP contribution in [0.15, 0.2) is 18.2 Å². The molecule has 1 aromatic rings. The molecule has 14 heavy (non-hydrogen) atoms. The van der Waals surface area contributed by atoms with Crippen LogP contribution in [0.3, 0.4) is 0 Å². The number of hydrogen-bond donors (Lipinski definition) is 2. The summed E-state index contributed by atoms with van der Waals surface area (Å²) in [6, 6.07) is 5.03. The number of anilines is 1. The number of rotatable bonds is 0. The zero-order valence-electron chi connectivity index (χ0n) is 7.91. The summed E-state index contributed by atoms with van der Waals surface area (Å²) in [4.78, 5) is 11.4. The van der Waals surface area contributed by atoms with Gasteiger partial charge < -0.3 is 15.8 Å². The first kappa shape index (κ1) is 9.02. The number of carbonyl (C=O) groups is 1. The third-order valence-corrected chi connectivity index (χ3v) is 2.24. The number of benzene rings is 1. The van der Waals surface area contributed by atoms with Crippen molar-refractivity contribution in [3.05, 3.63) is 23.8 Å². The lowest BCUT2D eigenvalue weighted by atomic mass is 10.2. The van der Waals surface area contributed by atoms with E-state index in [1.807, 2.05) is 25.1 Å². The van der Waals surface area contributed by atoms with Crippen molar-refractivity contribution in [3.8, 4) is 5.75 Å². The normalized spacial score (nSPS) is 20.4. The smallest absolute Gasteiger partial charge is 0.244 e. The van der Waals surface area contributed by atoms with Gasteiger partial charge in [-0.3, -0.25) is 4.79 Å². The maximum Gasteiger partial charge on any atom is 0.244 e. The number of aryl methyl sites for hydroxylation is 1. The molecular formula is C10H12N2O2. The van der Waals surface area contributed by atoms with Crippen molar-refractivity contribution >= 4 is 11.6 Å². The van der Waals surface area contributed by atoms with Gasteiger partial charge in [-0.25, -0.2) is 0 Å². The SMILES string of the molecule is Cc1cccc2c1NC(=O)[C@@H](N)CO2. The Labute approximate surface area is 82.1 Å². The highest BCUT2D eigenvalue weighted by molar-refractivity contribution is 5.97. The molecule has 0 fully saturated rings. The van der Waals surface area contributed by atoms with Crippen LogP contribution in [0.4, 0.5) is 5.69 Å². The Kier molecular flexibility index (Phi) is 2.13. The van der Waals surface area contributed by atoms with Crippen LogP contribution in [-0.2, 0) is 4.79 Å².